The number of ether oxygens (including phenoxy) is 2. The number of hydrogen-bond donors (Lipinski definition) is 2. The maximum atomic E-state index is 14.7. The van der Waals surface area contributed by atoms with Gasteiger partial charge in [0.15, 0.2) is 0 Å². The Morgan fingerprint density at radius 1 is 0.489 bits per heavy atom. The molecule has 0 aliphatic heterocycles. The minimum Gasteiger partial charge on any atom is -0.455 e. The van der Waals surface area contributed by atoms with Gasteiger partial charge in [-0.2, -0.15) is 47.4 Å². The molecule has 0 fully saturated rings. The van der Waals surface area contributed by atoms with E-state index in [9.17, 15) is 36.9 Å². The van der Waals surface area contributed by atoms with Crippen LogP contribution in [0.3, 0.4) is 0 Å². The fraction of sp³-hybridized carbons (Fsp3) is 0.0968. The Hall–Kier alpha value is -6.38. The summed E-state index contributed by atoms with van der Waals surface area (Å²) in [5.74, 6) is -0.716. The molecule has 224 valence electrons. The maximum absolute atomic E-state index is 14.7. The van der Waals surface area contributed by atoms with Gasteiger partial charge in [-0.25, -0.2) is 0 Å². The first-order valence-corrected chi connectivity index (χ1v) is 12.4. The minimum atomic E-state index is -5.96. The second-order valence-electron chi connectivity index (χ2n) is 9.32. The molecule has 0 atom stereocenters. The van der Waals surface area contributed by atoms with E-state index < -0.39 is 40.3 Å². The van der Waals surface area contributed by atoms with Crippen molar-refractivity contribution >= 4 is 11.4 Å². The topological polar surface area (TPSA) is 166 Å². The van der Waals surface area contributed by atoms with E-state index in [0.29, 0.717) is 24.3 Å². The third kappa shape index (κ3) is 5.69. The van der Waals surface area contributed by atoms with Gasteiger partial charge in [0.25, 0.3) is 0 Å². The Kier molecular flexibility index (Phi) is 8.22. The predicted octanol–water partition coefficient (Wildman–Crippen LogP) is 7.33. The van der Waals surface area contributed by atoms with E-state index in [2.05, 4.69) is 0 Å². The van der Waals surface area contributed by atoms with Crippen LogP contribution in [0, 0.1) is 45.3 Å². The van der Waals surface area contributed by atoms with Crippen molar-refractivity contribution in [2.24, 2.45) is 0 Å². The first-order chi connectivity index (χ1) is 21.2. The summed E-state index contributed by atoms with van der Waals surface area (Å²) >= 11 is 0. The van der Waals surface area contributed by atoms with Crippen molar-refractivity contribution in [3.8, 4) is 47.3 Å². The number of anilines is 2. The quantitative estimate of drug-likeness (QED) is 0.167. The molecule has 0 aliphatic rings. The lowest BCUT2D eigenvalue weighted by atomic mass is 9.72. The summed E-state index contributed by atoms with van der Waals surface area (Å²) in [7, 11) is 0. The molecule has 0 saturated heterocycles. The molecule has 0 spiro atoms. The SMILES string of the molecule is N#Cc1ccc(Oc2ccc(C(c3ccc(Oc4ccc(C#N)c(C#N)c4)c(N)c3)(C(F)(F)F)C(F)(F)F)cc2N)cc1C#N. The summed E-state index contributed by atoms with van der Waals surface area (Å²) in [5.41, 5.74) is 3.28. The number of nitrogens with two attached hydrogens (primary N) is 2. The highest BCUT2D eigenvalue weighted by Gasteiger charge is 2.72. The zero-order chi connectivity index (χ0) is 33.2. The van der Waals surface area contributed by atoms with Crippen molar-refractivity contribution in [2.45, 2.75) is 17.8 Å². The van der Waals surface area contributed by atoms with Gasteiger partial charge in [-0.15, -0.1) is 0 Å². The number of rotatable bonds is 6. The van der Waals surface area contributed by atoms with E-state index in [0.717, 1.165) is 24.3 Å². The summed E-state index contributed by atoms with van der Waals surface area (Å²) in [6.45, 7) is 0. The van der Waals surface area contributed by atoms with E-state index in [1.54, 1.807) is 24.3 Å². The number of benzene rings is 4. The van der Waals surface area contributed by atoms with E-state index in [1.165, 1.54) is 24.3 Å². The molecule has 0 heterocycles. The largest absolute Gasteiger partial charge is 0.455 e. The van der Waals surface area contributed by atoms with Crippen LogP contribution in [0.5, 0.6) is 23.0 Å². The summed E-state index contributed by atoms with van der Waals surface area (Å²) in [5, 5.41) is 36.5. The lowest BCUT2D eigenvalue weighted by Gasteiger charge is -2.38. The molecule has 0 aromatic heterocycles. The Morgan fingerprint density at radius 3 is 1.13 bits per heavy atom. The normalized spacial score (nSPS) is 11.4. The van der Waals surface area contributed by atoms with E-state index in [4.69, 9.17) is 31.5 Å². The monoisotopic (exact) mass is 618 g/mol. The molecule has 0 amide bonds. The maximum Gasteiger partial charge on any atom is 0.411 e. The van der Waals surface area contributed by atoms with Crippen molar-refractivity contribution in [3.05, 3.63) is 106 Å². The Morgan fingerprint density at radius 2 is 0.844 bits per heavy atom. The van der Waals surface area contributed by atoms with Crippen LogP contribution in [0.25, 0.3) is 0 Å². The summed E-state index contributed by atoms with van der Waals surface area (Å²) < 4.78 is 99.4. The molecule has 0 unspecified atom stereocenters. The van der Waals surface area contributed by atoms with Crippen LogP contribution in [0.4, 0.5) is 37.7 Å². The molecular formula is C31H16F6N6O2. The average molecular weight is 618 g/mol. The summed E-state index contributed by atoms with van der Waals surface area (Å²) in [6.07, 6.45) is -11.9. The van der Waals surface area contributed by atoms with Gasteiger partial charge in [0.1, 0.15) is 47.3 Å². The number of alkyl halides is 6. The summed E-state index contributed by atoms with van der Waals surface area (Å²) in [4.78, 5) is 0. The molecule has 4 N–H and O–H groups in total. The zero-order valence-electron chi connectivity index (χ0n) is 22.5. The molecule has 45 heavy (non-hydrogen) atoms. The fourth-order valence-electron chi connectivity index (χ4n) is 4.54. The first kappa shape index (κ1) is 31.6. The number of hydrogen-bond acceptors (Lipinski definition) is 8. The van der Waals surface area contributed by atoms with Crippen LogP contribution in [0.15, 0.2) is 72.8 Å². The van der Waals surface area contributed by atoms with E-state index in [-0.39, 0.29) is 45.3 Å². The lowest BCUT2D eigenvalue weighted by Crippen LogP contribution is -2.54. The van der Waals surface area contributed by atoms with Gasteiger partial charge in [-0.05, 0) is 71.8 Å². The van der Waals surface area contributed by atoms with Gasteiger partial charge >= 0.3 is 12.4 Å². The van der Waals surface area contributed by atoms with Crippen LogP contribution in [0.1, 0.15) is 33.4 Å². The lowest BCUT2D eigenvalue weighted by molar-refractivity contribution is -0.288. The number of nitrogens with zero attached hydrogens (tertiary/aromatic N) is 4. The zero-order valence-corrected chi connectivity index (χ0v) is 22.5. The number of nitriles is 4. The number of nitrogen functional groups attached to an aromatic ring is 2. The van der Waals surface area contributed by atoms with Crippen LogP contribution < -0.4 is 20.9 Å². The predicted molar refractivity (Wildman–Crippen MR) is 146 cm³/mol. The third-order valence-electron chi connectivity index (χ3n) is 6.66. The molecular weight excluding hydrogens is 602 g/mol. The molecule has 4 aromatic carbocycles. The van der Waals surface area contributed by atoms with Crippen molar-refractivity contribution in [3.63, 3.8) is 0 Å². The Balaban J connectivity index is 1.80. The van der Waals surface area contributed by atoms with Gasteiger partial charge in [-0.3, -0.25) is 0 Å². The molecule has 0 saturated carbocycles. The van der Waals surface area contributed by atoms with Crippen LogP contribution in [-0.2, 0) is 5.41 Å². The second kappa shape index (κ2) is 11.7. The molecule has 0 bridgehead atoms. The highest BCUT2D eigenvalue weighted by atomic mass is 19.4. The Bertz CT molecular complexity index is 1830. The van der Waals surface area contributed by atoms with Gasteiger partial charge in [0.2, 0.25) is 5.41 Å². The van der Waals surface area contributed by atoms with Gasteiger partial charge < -0.3 is 20.9 Å². The first-order valence-electron chi connectivity index (χ1n) is 12.4. The van der Waals surface area contributed by atoms with Gasteiger partial charge in [-0.1, -0.05) is 12.1 Å². The minimum absolute atomic E-state index is 0.0211. The Labute approximate surface area is 251 Å². The average Bonchev–Trinajstić information content (AvgIpc) is 2.98. The van der Waals surface area contributed by atoms with Crippen LogP contribution in [-0.4, -0.2) is 12.4 Å². The molecule has 0 aliphatic carbocycles. The van der Waals surface area contributed by atoms with E-state index >= 15 is 0 Å². The molecule has 8 nitrogen and oxygen atoms in total. The number of halogens is 6. The second-order valence-corrected chi connectivity index (χ2v) is 9.32. The van der Waals surface area contributed by atoms with Gasteiger partial charge in [0, 0.05) is 0 Å². The van der Waals surface area contributed by atoms with Crippen LogP contribution in [0.2, 0.25) is 0 Å². The van der Waals surface area contributed by atoms with Crippen molar-refractivity contribution in [2.75, 3.05) is 11.5 Å². The smallest absolute Gasteiger partial charge is 0.411 e. The third-order valence-corrected chi connectivity index (χ3v) is 6.66. The van der Waals surface area contributed by atoms with Gasteiger partial charge in [0.05, 0.1) is 33.6 Å². The molecule has 4 rings (SSSR count). The van der Waals surface area contributed by atoms with E-state index in [1.807, 2.05) is 0 Å². The van der Waals surface area contributed by atoms with Crippen LogP contribution >= 0.6 is 0 Å². The molecule has 14 heteroatoms. The molecule has 0 radical (unpaired) electrons. The van der Waals surface area contributed by atoms with Crippen molar-refractivity contribution < 1.29 is 35.8 Å². The highest BCUT2D eigenvalue weighted by molar-refractivity contribution is 5.63. The molecule has 4 aromatic rings. The fourth-order valence-corrected chi connectivity index (χ4v) is 4.54. The summed E-state index contributed by atoms with van der Waals surface area (Å²) in [6, 6.07) is 18.2. The van der Waals surface area contributed by atoms with Crippen molar-refractivity contribution in [1.29, 1.82) is 21.0 Å². The standard InChI is InChI=1S/C31H16F6N6O2/c32-30(33,34)29(31(35,36)37,21-3-7-27(25(42)11-21)44-23-5-1-17(13-38)19(9-23)15-40)22-4-8-28(26(43)12-22)45-24-6-2-18(14-39)20(10-24)16-41/h1-12H,42-43H2. The highest BCUT2D eigenvalue weighted by Crippen LogP contribution is 2.57. The van der Waals surface area contributed by atoms with Crippen molar-refractivity contribution in [1.82, 2.24) is 0 Å².